The first kappa shape index (κ1) is 18.0. The Balaban J connectivity index is 1.60. The number of ketones is 1. The summed E-state index contributed by atoms with van der Waals surface area (Å²) in [6, 6.07) is 0. The molecule has 136 valence electrons. The van der Waals surface area contributed by atoms with Crippen molar-refractivity contribution in [1.82, 2.24) is 0 Å². The molecule has 0 radical (unpaired) electrons. The Morgan fingerprint density at radius 2 is 1.96 bits per heavy atom. The molecule has 0 spiro atoms. The molecule has 3 nitrogen and oxygen atoms in total. The standard InChI is InChI=1S/C19H28I2NO2/c1-18-9-7-13(23)11-12(18)3-4-14-15-5-6-17(22-24-21-20)19(15,2)10-8-16(14)18/h12,14-16H,3-11H2,1-2H3/q-1/b22-17+/t12-,14-,15-,16-,18-,19-/m0/s1. The van der Waals surface area contributed by atoms with Crippen LogP contribution < -0.4 is 17.6 Å². The summed E-state index contributed by atoms with van der Waals surface area (Å²) in [4.78, 5) is 12.0. The number of rotatable bonds is 2. The van der Waals surface area contributed by atoms with Gasteiger partial charge in [-0.3, -0.25) is 0 Å². The molecule has 24 heavy (non-hydrogen) atoms. The van der Waals surface area contributed by atoms with Crippen LogP contribution in [0.15, 0.2) is 5.16 Å². The summed E-state index contributed by atoms with van der Waals surface area (Å²) in [5, 5.41) is 4.56. The number of halogens is 2. The fraction of sp³-hybridized carbons (Fsp3) is 0.895. The predicted molar refractivity (Wildman–Crippen MR) is 99.3 cm³/mol. The molecule has 0 amide bonds. The van der Waals surface area contributed by atoms with Crippen LogP contribution >= 0.6 is 18.6 Å². The van der Waals surface area contributed by atoms with Crippen LogP contribution in [-0.4, -0.2) is 11.5 Å². The van der Waals surface area contributed by atoms with Gasteiger partial charge in [0.2, 0.25) is 0 Å². The van der Waals surface area contributed by atoms with Crippen molar-refractivity contribution in [3.05, 3.63) is 0 Å². The van der Waals surface area contributed by atoms with Gasteiger partial charge in [-0.05, 0) is 0 Å². The Labute approximate surface area is 166 Å². The number of carbonyl (C=O) groups is 1. The molecule has 0 aliphatic heterocycles. The van der Waals surface area contributed by atoms with Crippen molar-refractivity contribution in [2.24, 2.45) is 39.7 Å². The summed E-state index contributed by atoms with van der Waals surface area (Å²) < 4.78 is 5.53. The van der Waals surface area contributed by atoms with E-state index >= 15 is 0 Å². The number of nitrogens with zero attached hydrogens (tertiary/aromatic N) is 1. The summed E-state index contributed by atoms with van der Waals surface area (Å²) in [7, 11) is 0. The zero-order chi connectivity index (χ0) is 16.9. The molecule has 0 aromatic rings. The molecule has 0 unspecified atom stereocenters. The van der Waals surface area contributed by atoms with E-state index in [1.807, 2.05) is 0 Å². The number of fused-ring (bicyclic) bond motifs is 5. The zero-order valence-corrected chi connectivity index (χ0v) is 19.0. The molecule has 4 aliphatic rings. The minimum atomic E-state index is -0.248. The third-order valence-electron chi connectivity index (χ3n) is 8.39. The summed E-state index contributed by atoms with van der Waals surface area (Å²) in [6.45, 7) is 4.99. The molecule has 0 N–H and O–H groups in total. The van der Waals surface area contributed by atoms with Gasteiger partial charge in [0.05, 0.1) is 0 Å². The molecule has 0 saturated heterocycles. The molecule has 4 fully saturated rings. The zero-order valence-electron chi connectivity index (χ0n) is 14.7. The van der Waals surface area contributed by atoms with E-state index in [-0.39, 0.29) is 23.1 Å². The van der Waals surface area contributed by atoms with E-state index in [4.69, 9.17) is 3.17 Å². The van der Waals surface area contributed by atoms with Gasteiger partial charge in [0.1, 0.15) is 0 Å². The average Bonchev–Trinajstić information content (AvgIpc) is 2.90. The number of oxime groups is 1. The molecule has 4 rings (SSSR count). The van der Waals surface area contributed by atoms with E-state index in [1.165, 1.54) is 37.8 Å². The molecule has 0 bridgehead atoms. The average molecular weight is 556 g/mol. The van der Waals surface area contributed by atoms with E-state index in [0.29, 0.717) is 17.1 Å². The van der Waals surface area contributed by atoms with Gasteiger partial charge in [-0.1, -0.05) is 0 Å². The van der Waals surface area contributed by atoms with Crippen molar-refractivity contribution in [3.8, 4) is 0 Å². The van der Waals surface area contributed by atoms with Crippen LogP contribution in [0.3, 0.4) is 0 Å². The third kappa shape index (κ3) is 2.69. The SMILES string of the molecule is C[C@]12CCC(=O)C[C@@H]1CC[C@@H]1[C@@H]2CC[C@]2(C)/C(=N/O[I-]I)CC[C@@H]12. The molecule has 4 aliphatic carbocycles. The van der Waals surface area contributed by atoms with Crippen molar-refractivity contribution in [3.63, 3.8) is 0 Å². The van der Waals surface area contributed by atoms with Crippen molar-refractivity contribution >= 4 is 30.1 Å². The Morgan fingerprint density at radius 3 is 2.75 bits per heavy atom. The second kappa shape index (κ2) is 6.64. The normalized spacial score (nSPS) is 49.6. The Hall–Kier alpha value is 0.600. The second-order valence-electron chi connectivity index (χ2n) is 9.06. The molecule has 4 saturated carbocycles. The van der Waals surface area contributed by atoms with Gasteiger partial charge in [-0.25, -0.2) is 0 Å². The van der Waals surface area contributed by atoms with Crippen molar-refractivity contribution < 1.29 is 25.6 Å². The van der Waals surface area contributed by atoms with Gasteiger partial charge in [0.25, 0.3) is 0 Å². The fourth-order valence-electron chi connectivity index (χ4n) is 7.04. The predicted octanol–water partition coefficient (Wildman–Crippen LogP) is 2.32. The summed E-state index contributed by atoms with van der Waals surface area (Å²) in [5.74, 6) is 3.65. The summed E-state index contributed by atoms with van der Waals surface area (Å²) >= 11 is 2.08. The van der Waals surface area contributed by atoms with Gasteiger partial charge < -0.3 is 0 Å². The molecular formula is C19H28I2NO2-. The van der Waals surface area contributed by atoms with Crippen LogP contribution in [0.5, 0.6) is 0 Å². The third-order valence-corrected chi connectivity index (χ3v) is 9.74. The van der Waals surface area contributed by atoms with Crippen molar-refractivity contribution in [2.45, 2.75) is 71.6 Å². The summed E-state index contributed by atoms with van der Waals surface area (Å²) in [5.41, 5.74) is 2.06. The first-order chi connectivity index (χ1) is 11.5. The Morgan fingerprint density at radius 1 is 1.12 bits per heavy atom. The molecule has 6 atom stereocenters. The minimum absolute atomic E-state index is 0.248. The number of hydrogen-bond acceptors (Lipinski definition) is 3. The van der Waals surface area contributed by atoms with Gasteiger partial charge >= 0.3 is 167 Å². The maximum atomic E-state index is 12.0. The molecular weight excluding hydrogens is 528 g/mol. The topological polar surface area (TPSA) is 38.7 Å². The molecule has 5 heteroatoms. The van der Waals surface area contributed by atoms with E-state index in [2.05, 4.69) is 37.6 Å². The number of hydrogen-bond donors (Lipinski definition) is 0. The Kier molecular flexibility index (Phi) is 4.98. The van der Waals surface area contributed by atoms with Crippen LogP contribution in [0.2, 0.25) is 0 Å². The van der Waals surface area contributed by atoms with Crippen LogP contribution in [0.4, 0.5) is 0 Å². The van der Waals surface area contributed by atoms with Gasteiger partial charge in [-0.15, -0.1) is 0 Å². The van der Waals surface area contributed by atoms with Gasteiger partial charge in [-0.2, -0.15) is 0 Å². The first-order valence-electron chi connectivity index (χ1n) is 9.50. The van der Waals surface area contributed by atoms with Crippen molar-refractivity contribution in [2.75, 3.05) is 0 Å². The van der Waals surface area contributed by atoms with Crippen LogP contribution in [0, 0.1) is 34.5 Å². The van der Waals surface area contributed by atoms with E-state index in [0.717, 1.165) is 43.4 Å². The fourth-order valence-corrected chi connectivity index (χ4v) is 7.85. The number of Topliss-reactive ketones (excluding diaryl/α,β-unsaturated/α-hetero) is 1. The van der Waals surface area contributed by atoms with Crippen molar-refractivity contribution in [1.29, 1.82) is 0 Å². The monoisotopic (exact) mass is 556 g/mol. The summed E-state index contributed by atoms with van der Waals surface area (Å²) in [6.07, 6.45) is 10.5. The maximum absolute atomic E-state index is 12.0. The van der Waals surface area contributed by atoms with Gasteiger partial charge in [0, 0.05) is 0 Å². The molecule has 0 aromatic heterocycles. The van der Waals surface area contributed by atoms with Crippen LogP contribution in [0.1, 0.15) is 71.6 Å². The number of carbonyl (C=O) groups excluding carboxylic acids is 1. The van der Waals surface area contributed by atoms with E-state index in [1.54, 1.807) is 0 Å². The van der Waals surface area contributed by atoms with Crippen LogP contribution in [0.25, 0.3) is 0 Å². The van der Waals surface area contributed by atoms with Gasteiger partial charge in [0.15, 0.2) is 0 Å². The Bertz CT molecular complexity index is 566. The molecule has 0 aromatic carbocycles. The van der Waals surface area contributed by atoms with E-state index in [9.17, 15) is 4.79 Å². The first-order valence-corrected chi connectivity index (χ1v) is 16.7. The quantitative estimate of drug-likeness (QED) is 0.387. The second-order valence-corrected chi connectivity index (χ2v) is 12.0. The van der Waals surface area contributed by atoms with E-state index < -0.39 is 0 Å². The van der Waals surface area contributed by atoms with Crippen LogP contribution in [-0.2, 0) is 7.96 Å². The molecule has 0 heterocycles.